The summed E-state index contributed by atoms with van der Waals surface area (Å²) in [7, 11) is 1.61. The molecule has 0 spiro atoms. The summed E-state index contributed by atoms with van der Waals surface area (Å²) in [6.07, 6.45) is 1.54. The SMILES string of the molecule is COc1ccc(N(N)c2nc(NC(C)C)ncc2N)cc1. The molecule has 1 heterocycles. The van der Waals surface area contributed by atoms with E-state index in [0.29, 0.717) is 17.5 Å². The van der Waals surface area contributed by atoms with Crippen LogP contribution in [0.2, 0.25) is 0 Å². The maximum atomic E-state index is 6.10. The van der Waals surface area contributed by atoms with Gasteiger partial charge in [-0.1, -0.05) is 0 Å². The molecule has 7 heteroatoms. The van der Waals surface area contributed by atoms with Crippen LogP contribution < -0.4 is 26.6 Å². The van der Waals surface area contributed by atoms with Gasteiger partial charge in [-0.25, -0.2) is 10.8 Å². The van der Waals surface area contributed by atoms with Crippen LogP contribution in [0.1, 0.15) is 13.8 Å². The van der Waals surface area contributed by atoms with Crippen molar-refractivity contribution in [2.75, 3.05) is 23.2 Å². The van der Waals surface area contributed by atoms with Gasteiger partial charge in [0.25, 0.3) is 0 Å². The van der Waals surface area contributed by atoms with Gasteiger partial charge >= 0.3 is 0 Å². The number of rotatable bonds is 5. The minimum Gasteiger partial charge on any atom is -0.497 e. The summed E-state index contributed by atoms with van der Waals surface area (Å²) in [6, 6.07) is 7.51. The number of hydrazine groups is 1. The van der Waals surface area contributed by atoms with E-state index in [1.54, 1.807) is 7.11 Å². The second-order valence-corrected chi connectivity index (χ2v) is 4.84. The first-order valence-electron chi connectivity index (χ1n) is 6.59. The quantitative estimate of drug-likeness (QED) is 0.570. The number of benzene rings is 1. The van der Waals surface area contributed by atoms with Crippen LogP contribution in [0, 0.1) is 0 Å². The van der Waals surface area contributed by atoms with E-state index in [9.17, 15) is 0 Å². The second-order valence-electron chi connectivity index (χ2n) is 4.84. The van der Waals surface area contributed by atoms with Crippen LogP contribution in [-0.2, 0) is 0 Å². The highest BCUT2D eigenvalue weighted by molar-refractivity contribution is 5.70. The van der Waals surface area contributed by atoms with Crippen LogP contribution in [0.5, 0.6) is 5.75 Å². The summed E-state index contributed by atoms with van der Waals surface area (Å²) in [6.45, 7) is 4.01. The van der Waals surface area contributed by atoms with E-state index in [-0.39, 0.29) is 6.04 Å². The molecule has 112 valence electrons. The Labute approximate surface area is 123 Å². The molecule has 0 unspecified atom stereocenters. The lowest BCUT2D eigenvalue weighted by atomic mass is 10.3. The van der Waals surface area contributed by atoms with Crippen molar-refractivity contribution in [3.63, 3.8) is 0 Å². The first-order valence-corrected chi connectivity index (χ1v) is 6.59. The van der Waals surface area contributed by atoms with Gasteiger partial charge in [0.2, 0.25) is 5.95 Å². The zero-order chi connectivity index (χ0) is 15.4. The van der Waals surface area contributed by atoms with Crippen LogP contribution in [-0.4, -0.2) is 23.1 Å². The van der Waals surface area contributed by atoms with Gasteiger partial charge in [0.15, 0.2) is 5.82 Å². The molecule has 0 bridgehead atoms. The minimum atomic E-state index is 0.216. The molecule has 0 amide bonds. The van der Waals surface area contributed by atoms with Crippen LogP contribution in [0.25, 0.3) is 0 Å². The molecular weight excluding hydrogens is 268 g/mol. The Balaban J connectivity index is 2.30. The third-order valence-corrected chi connectivity index (χ3v) is 2.79. The molecule has 21 heavy (non-hydrogen) atoms. The standard InChI is InChI=1S/C14H20N6O/c1-9(2)18-14-17-8-12(15)13(19-14)20(16)10-4-6-11(21-3)7-5-10/h4-9H,15-16H2,1-3H3,(H,17,18,19). The van der Waals surface area contributed by atoms with E-state index in [2.05, 4.69) is 15.3 Å². The average Bonchev–Trinajstić information content (AvgIpc) is 2.48. The molecule has 7 nitrogen and oxygen atoms in total. The van der Waals surface area contributed by atoms with Gasteiger partial charge in [-0.3, -0.25) is 5.01 Å². The smallest absolute Gasteiger partial charge is 0.225 e. The molecule has 0 aliphatic heterocycles. The number of hydrogen-bond acceptors (Lipinski definition) is 7. The number of aromatic nitrogens is 2. The summed E-state index contributed by atoms with van der Waals surface area (Å²) in [5, 5.41) is 4.54. The fraction of sp³-hybridized carbons (Fsp3) is 0.286. The largest absolute Gasteiger partial charge is 0.497 e. The highest BCUT2D eigenvalue weighted by atomic mass is 16.5. The number of nitrogen functional groups attached to an aromatic ring is 1. The molecule has 0 fully saturated rings. The molecular formula is C14H20N6O. The third-order valence-electron chi connectivity index (χ3n) is 2.79. The van der Waals surface area contributed by atoms with Crippen molar-refractivity contribution in [1.82, 2.24) is 9.97 Å². The third kappa shape index (κ3) is 3.51. The molecule has 2 rings (SSSR count). The van der Waals surface area contributed by atoms with E-state index < -0.39 is 0 Å². The Morgan fingerprint density at radius 3 is 2.48 bits per heavy atom. The molecule has 0 saturated heterocycles. The lowest BCUT2D eigenvalue weighted by Gasteiger charge is -2.20. The van der Waals surface area contributed by atoms with Gasteiger partial charge in [0, 0.05) is 6.04 Å². The van der Waals surface area contributed by atoms with Gasteiger partial charge in [-0.15, -0.1) is 0 Å². The van der Waals surface area contributed by atoms with Crippen LogP contribution in [0.15, 0.2) is 30.5 Å². The summed E-state index contributed by atoms with van der Waals surface area (Å²) in [5.41, 5.74) is 7.07. The Morgan fingerprint density at radius 1 is 1.24 bits per heavy atom. The van der Waals surface area contributed by atoms with Crippen LogP contribution in [0.4, 0.5) is 23.1 Å². The van der Waals surface area contributed by atoms with Gasteiger partial charge in [-0.05, 0) is 38.1 Å². The number of hydrogen-bond donors (Lipinski definition) is 3. The second kappa shape index (κ2) is 6.27. The van der Waals surface area contributed by atoms with Gasteiger partial charge in [0.05, 0.1) is 24.7 Å². The Hall–Kier alpha value is -2.54. The van der Waals surface area contributed by atoms with Crippen molar-refractivity contribution in [3.05, 3.63) is 30.5 Å². The molecule has 0 atom stereocenters. The van der Waals surface area contributed by atoms with E-state index in [0.717, 1.165) is 11.4 Å². The maximum absolute atomic E-state index is 6.10. The normalized spacial score (nSPS) is 10.5. The number of nitrogens with one attached hydrogen (secondary N) is 1. The van der Waals surface area contributed by atoms with Crippen molar-refractivity contribution in [3.8, 4) is 5.75 Å². The summed E-state index contributed by atoms with van der Waals surface area (Å²) in [4.78, 5) is 8.49. The lowest BCUT2D eigenvalue weighted by Crippen LogP contribution is -2.27. The van der Waals surface area contributed by atoms with Crippen molar-refractivity contribution in [2.45, 2.75) is 19.9 Å². The Kier molecular flexibility index (Phi) is 4.44. The number of anilines is 4. The van der Waals surface area contributed by atoms with Gasteiger partial charge < -0.3 is 15.8 Å². The minimum absolute atomic E-state index is 0.216. The summed E-state index contributed by atoms with van der Waals surface area (Å²) < 4.78 is 5.12. The zero-order valence-electron chi connectivity index (χ0n) is 12.4. The molecule has 2 aromatic rings. The van der Waals surface area contributed by atoms with E-state index in [4.69, 9.17) is 16.3 Å². The molecule has 0 aliphatic rings. The monoisotopic (exact) mass is 288 g/mol. The van der Waals surface area contributed by atoms with E-state index in [1.807, 2.05) is 38.1 Å². The highest BCUT2D eigenvalue weighted by Gasteiger charge is 2.12. The number of nitrogens with zero attached hydrogens (tertiary/aromatic N) is 3. The van der Waals surface area contributed by atoms with Crippen molar-refractivity contribution in [1.29, 1.82) is 0 Å². The lowest BCUT2D eigenvalue weighted by molar-refractivity contribution is 0.415. The molecule has 0 radical (unpaired) electrons. The first-order chi connectivity index (χ1) is 10.0. The fourth-order valence-corrected chi connectivity index (χ4v) is 1.77. The predicted octanol–water partition coefficient (Wildman–Crippen LogP) is 1.90. The molecule has 0 aliphatic carbocycles. The molecule has 1 aromatic heterocycles. The summed E-state index contributed by atoms with van der Waals surface area (Å²) in [5.74, 6) is 7.78. The summed E-state index contributed by atoms with van der Waals surface area (Å²) >= 11 is 0. The molecule has 0 saturated carbocycles. The van der Waals surface area contributed by atoms with Crippen molar-refractivity contribution >= 4 is 23.1 Å². The highest BCUT2D eigenvalue weighted by Crippen LogP contribution is 2.27. The maximum Gasteiger partial charge on any atom is 0.225 e. The Morgan fingerprint density at radius 2 is 1.90 bits per heavy atom. The topological polar surface area (TPSA) is 102 Å². The van der Waals surface area contributed by atoms with E-state index >= 15 is 0 Å². The Bertz CT molecular complexity index is 599. The van der Waals surface area contributed by atoms with Crippen LogP contribution in [0.3, 0.4) is 0 Å². The van der Waals surface area contributed by atoms with E-state index in [1.165, 1.54) is 11.2 Å². The number of ether oxygens (including phenoxy) is 1. The van der Waals surface area contributed by atoms with Crippen LogP contribution >= 0.6 is 0 Å². The zero-order valence-corrected chi connectivity index (χ0v) is 12.4. The first kappa shape index (κ1) is 14.9. The molecule has 1 aromatic carbocycles. The number of nitrogens with two attached hydrogens (primary N) is 2. The van der Waals surface area contributed by atoms with Crippen molar-refractivity contribution in [2.24, 2.45) is 5.84 Å². The van der Waals surface area contributed by atoms with Crippen molar-refractivity contribution < 1.29 is 4.74 Å². The number of methoxy groups -OCH3 is 1. The van der Waals surface area contributed by atoms with Gasteiger partial charge in [0.1, 0.15) is 5.75 Å². The average molecular weight is 288 g/mol. The predicted molar refractivity (Wildman–Crippen MR) is 84.5 cm³/mol. The molecule has 5 N–H and O–H groups in total. The van der Waals surface area contributed by atoms with Gasteiger partial charge in [-0.2, -0.15) is 4.98 Å². The fourth-order valence-electron chi connectivity index (χ4n) is 1.77.